The number of imidazole rings is 4. The Bertz CT molecular complexity index is 3430. The molecule has 8 aliphatic heterocycles. The zero-order valence-electron chi connectivity index (χ0n) is 49.0. The monoisotopic (exact) mass is 1180 g/mol. The van der Waals surface area contributed by atoms with Crippen molar-refractivity contribution in [2.45, 2.75) is 74.3 Å². The third-order valence-electron chi connectivity index (χ3n) is 19.8. The van der Waals surface area contributed by atoms with Crippen LogP contribution < -0.4 is 0 Å². The van der Waals surface area contributed by atoms with Gasteiger partial charge in [0.25, 0.3) is 0 Å². The van der Waals surface area contributed by atoms with Crippen LogP contribution in [0.4, 0.5) is 0 Å². The first-order valence-corrected chi connectivity index (χ1v) is 30.7. The van der Waals surface area contributed by atoms with Crippen molar-refractivity contribution in [3.05, 3.63) is 169 Å². The molecule has 0 saturated carbocycles. The van der Waals surface area contributed by atoms with Crippen LogP contribution in [0.3, 0.4) is 0 Å². The molecule has 0 spiro atoms. The first kappa shape index (κ1) is 58.4. The van der Waals surface area contributed by atoms with Crippen molar-refractivity contribution in [3.8, 4) is 69.3 Å². The van der Waals surface area contributed by atoms with Gasteiger partial charge in [0.15, 0.2) is 0 Å². The van der Waals surface area contributed by atoms with Crippen LogP contribution in [0.15, 0.2) is 147 Å². The van der Waals surface area contributed by atoms with Crippen molar-refractivity contribution in [2.75, 3.05) is 78.5 Å². The van der Waals surface area contributed by atoms with Gasteiger partial charge >= 0.3 is 0 Å². The molecule has 0 amide bonds. The SMILES string of the molecule is N#CCN1CC[C@@H]([C@@H]2c3ccccc3-c3cncn32)[C@H](O)C1.N#CCN1CC[C@@H]([C@H]2c3ccccc3-c3cncn32)[C@H](O)C1.N#CCN1CC[C@H]([C@@H]2c3ccccc3-c3cncn32)[C@@H](O)C1.N#CCN1CC[C@H]([C@H]2c3ccccc3-c3cncn32)[C@@H](O)C1. The van der Waals surface area contributed by atoms with E-state index in [4.69, 9.17) is 21.0 Å². The van der Waals surface area contributed by atoms with Gasteiger partial charge < -0.3 is 38.7 Å². The van der Waals surface area contributed by atoms with Crippen molar-refractivity contribution in [1.29, 1.82) is 21.0 Å². The van der Waals surface area contributed by atoms with Crippen molar-refractivity contribution >= 4 is 0 Å². The maximum Gasteiger partial charge on any atom is 0.0956 e. The zero-order valence-corrected chi connectivity index (χ0v) is 49.0. The molecule has 448 valence electrons. The Hall–Kier alpha value is -8.64. The average Bonchev–Trinajstić information content (AvgIpc) is 1.76. The number of likely N-dealkylation sites (tertiary alicyclic amines) is 4. The van der Waals surface area contributed by atoms with Gasteiger partial charge in [0.2, 0.25) is 0 Å². The summed E-state index contributed by atoms with van der Waals surface area (Å²) in [5.74, 6) is 0.635. The Morgan fingerprint density at radius 1 is 0.341 bits per heavy atom. The quantitative estimate of drug-likeness (QED) is 0.116. The average molecular weight is 1180 g/mol. The third kappa shape index (κ3) is 10.9. The number of hydrogen-bond donors (Lipinski definition) is 4. The topological polar surface area (TPSA) is 260 Å². The molecule has 88 heavy (non-hydrogen) atoms. The van der Waals surface area contributed by atoms with E-state index in [2.05, 4.69) is 135 Å². The highest BCUT2D eigenvalue weighted by Gasteiger charge is 2.44. The third-order valence-corrected chi connectivity index (χ3v) is 19.8. The number of fused-ring (bicyclic) bond motifs is 12. The fourth-order valence-electron chi connectivity index (χ4n) is 15.7. The maximum absolute atomic E-state index is 10.6. The van der Waals surface area contributed by atoms with E-state index in [0.29, 0.717) is 52.4 Å². The lowest BCUT2D eigenvalue weighted by atomic mass is 9.83. The number of rotatable bonds is 8. The lowest BCUT2D eigenvalue weighted by Gasteiger charge is -2.38. The molecule has 4 aromatic carbocycles. The Labute approximate surface area is 512 Å². The first-order chi connectivity index (χ1) is 43.2. The number of nitrogens with zero attached hydrogens (tertiary/aromatic N) is 16. The van der Waals surface area contributed by atoms with E-state index in [1.807, 2.05) is 94.0 Å². The number of aromatic nitrogens is 8. The van der Waals surface area contributed by atoms with Crippen LogP contribution in [-0.4, -0.2) is 181 Å². The molecule has 20 nitrogen and oxygen atoms in total. The van der Waals surface area contributed by atoms with Crippen LogP contribution in [0.5, 0.6) is 0 Å². The highest BCUT2D eigenvalue weighted by molar-refractivity contribution is 5.72. The molecule has 8 aliphatic rings. The highest BCUT2D eigenvalue weighted by Crippen LogP contribution is 2.50. The van der Waals surface area contributed by atoms with E-state index < -0.39 is 24.4 Å². The normalized spacial score (nSPS) is 27.2. The molecule has 4 aromatic heterocycles. The van der Waals surface area contributed by atoms with E-state index in [0.717, 1.165) is 74.6 Å². The minimum absolute atomic E-state index is 0.146. The van der Waals surface area contributed by atoms with Crippen LogP contribution in [-0.2, 0) is 0 Å². The van der Waals surface area contributed by atoms with Crippen LogP contribution in [0.1, 0.15) is 72.1 Å². The largest absolute Gasteiger partial charge is 0.391 e. The summed E-state index contributed by atoms with van der Waals surface area (Å²) in [7, 11) is 0. The van der Waals surface area contributed by atoms with Crippen molar-refractivity contribution in [2.24, 2.45) is 23.7 Å². The number of aliphatic hydroxyl groups is 4. The summed E-state index contributed by atoms with van der Waals surface area (Å²) < 4.78 is 8.77. The Morgan fingerprint density at radius 2 is 0.557 bits per heavy atom. The van der Waals surface area contributed by atoms with Crippen LogP contribution >= 0.6 is 0 Å². The van der Waals surface area contributed by atoms with Crippen LogP contribution in [0.25, 0.3) is 45.0 Å². The molecular weight excluding hydrogens is 1100 g/mol. The summed E-state index contributed by atoms with van der Waals surface area (Å²) in [5, 5.41) is 77.8. The van der Waals surface area contributed by atoms with Crippen LogP contribution in [0, 0.1) is 69.0 Å². The standard InChI is InChI=1S/4C17H18N4O/c4*18-6-8-20-7-5-14(16(22)10-20)17-13-4-2-1-3-12(13)15-9-19-11-21(15)17/h4*1-4,9,11,14,16-17,22H,5,7-8,10H2/t2*14-,16-,17+;2*14-,16-,17-/m1010/s1. The summed E-state index contributed by atoms with van der Waals surface area (Å²) >= 11 is 0. The van der Waals surface area contributed by atoms with E-state index in [-0.39, 0.29) is 47.8 Å². The van der Waals surface area contributed by atoms with Gasteiger partial charge in [0, 0.05) is 72.1 Å². The second-order valence-corrected chi connectivity index (χ2v) is 24.5. The molecule has 0 aliphatic carbocycles. The fourth-order valence-corrected chi connectivity index (χ4v) is 15.7. The van der Waals surface area contributed by atoms with Gasteiger partial charge in [-0.05, 0) is 74.1 Å². The molecule has 0 unspecified atom stereocenters. The predicted molar refractivity (Wildman–Crippen MR) is 328 cm³/mol. The molecule has 4 fully saturated rings. The summed E-state index contributed by atoms with van der Waals surface area (Å²) in [5.41, 5.74) is 14.5. The Morgan fingerprint density at radius 3 is 0.761 bits per heavy atom. The second-order valence-electron chi connectivity index (χ2n) is 24.5. The molecule has 12 atom stereocenters. The lowest BCUT2D eigenvalue weighted by Crippen LogP contribution is -2.46. The number of aliphatic hydroxyl groups excluding tert-OH is 4. The molecular formula is C68H72N16O4. The molecule has 20 heteroatoms. The Kier molecular flexibility index (Phi) is 17.0. The van der Waals surface area contributed by atoms with Gasteiger partial charge in [-0.1, -0.05) is 97.1 Å². The number of benzene rings is 4. The minimum Gasteiger partial charge on any atom is -0.391 e. The van der Waals surface area contributed by atoms with Crippen molar-refractivity contribution in [3.63, 3.8) is 0 Å². The van der Waals surface area contributed by atoms with Gasteiger partial charge in [-0.25, -0.2) is 19.9 Å². The summed E-state index contributed by atoms with van der Waals surface area (Å²) in [4.78, 5) is 25.2. The first-order valence-electron chi connectivity index (χ1n) is 30.7. The van der Waals surface area contributed by atoms with Gasteiger partial charge in [-0.2, -0.15) is 21.0 Å². The molecule has 0 bridgehead atoms. The van der Waals surface area contributed by atoms with E-state index in [9.17, 15) is 20.4 Å². The molecule has 12 heterocycles. The number of piperidine rings is 4. The molecule has 4 saturated heterocycles. The van der Waals surface area contributed by atoms with Crippen LogP contribution in [0.2, 0.25) is 0 Å². The Balaban J connectivity index is 0.000000108. The second kappa shape index (κ2) is 25.6. The smallest absolute Gasteiger partial charge is 0.0956 e. The molecule has 4 N–H and O–H groups in total. The van der Waals surface area contributed by atoms with Crippen molar-refractivity contribution < 1.29 is 20.4 Å². The molecule has 16 rings (SSSR count). The maximum atomic E-state index is 10.6. The molecule has 0 radical (unpaired) electrons. The van der Waals surface area contributed by atoms with Gasteiger partial charge in [0.1, 0.15) is 0 Å². The van der Waals surface area contributed by atoms with E-state index in [1.165, 1.54) is 44.5 Å². The van der Waals surface area contributed by atoms with Crippen molar-refractivity contribution in [1.82, 2.24) is 57.8 Å². The summed E-state index contributed by atoms with van der Waals surface area (Å²) in [6, 6.07) is 42.8. The summed E-state index contributed by atoms with van der Waals surface area (Å²) in [6.45, 7) is 7.28. The van der Waals surface area contributed by atoms with E-state index >= 15 is 0 Å². The zero-order chi connectivity index (χ0) is 60.4. The fraction of sp³-hybridized carbons (Fsp3) is 0.412. The highest BCUT2D eigenvalue weighted by atomic mass is 16.3. The summed E-state index contributed by atoms with van der Waals surface area (Å²) in [6.07, 6.45) is 16.9. The number of hydrogen-bond acceptors (Lipinski definition) is 16. The van der Waals surface area contributed by atoms with Gasteiger partial charge in [-0.3, -0.25) is 19.6 Å². The van der Waals surface area contributed by atoms with Gasteiger partial charge in [0.05, 0.1) is 172 Å². The van der Waals surface area contributed by atoms with Gasteiger partial charge in [-0.15, -0.1) is 0 Å². The predicted octanol–water partition coefficient (Wildman–Crippen LogP) is 6.64. The molecule has 8 aromatic rings. The number of nitriles is 4. The minimum atomic E-state index is -0.423. The number of β-amino-alcohol motifs (C(OH)–C–C–N with tert-alkyl or cyclic N) is 4. The van der Waals surface area contributed by atoms with E-state index in [1.54, 1.807) is 0 Å². The lowest BCUT2D eigenvalue weighted by molar-refractivity contribution is 0.0117.